The molecule has 0 saturated heterocycles. The SMILES string of the molecule is CCOc1ccc(-c2[nH]c3c(C)cc(Cl)cc3c2CCCCN)cc1OCC. The first-order valence-electron chi connectivity index (χ1n) is 9.99. The molecule has 0 amide bonds. The second kappa shape index (κ2) is 9.35. The number of benzene rings is 2. The van der Waals surface area contributed by atoms with Gasteiger partial charge in [-0.05, 0) is 88.0 Å². The molecular weight excluding hydrogens is 372 g/mol. The van der Waals surface area contributed by atoms with E-state index in [2.05, 4.69) is 30.1 Å². The van der Waals surface area contributed by atoms with Crippen molar-refractivity contribution in [3.8, 4) is 22.8 Å². The van der Waals surface area contributed by atoms with Crippen LogP contribution in [0.1, 0.15) is 37.8 Å². The maximum absolute atomic E-state index is 6.36. The molecule has 28 heavy (non-hydrogen) atoms. The van der Waals surface area contributed by atoms with Gasteiger partial charge in [0.25, 0.3) is 0 Å². The first-order chi connectivity index (χ1) is 13.6. The van der Waals surface area contributed by atoms with Crippen molar-refractivity contribution in [2.24, 2.45) is 5.73 Å². The van der Waals surface area contributed by atoms with E-state index in [0.29, 0.717) is 19.8 Å². The number of hydrogen-bond acceptors (Lipinski definition) is 3. The number of nitrogens with one attached hydrogen (secondary N) is 1. The van der Waals surface area contributed by atoms with Crippen LogP contribution in [-0.2, 0) is 6.42 Å². The first-order valence-corrected chi connectivity index (χ1v) is 10.4. The monoisotopic (exact) mass is 400 g/mol. The molecule has 150 valence electrons. The summed E-state index contributed by atoms with van der Waals surface area (Å²) in [6.45, 7) is 7.94. The van der Waals surface area contributed by atoms with E-state index in [4.69, 9.17) is 26.8 Å². The molecule has 5 heteroatoms. The van der Waals surface area contributed by atoms with Gasteiger partial charge >= 0.3 is 0 Å². The Balaban J connectivity index is 2.14. The molecule has 0 bridgehead atoms. The molecule has 0 unspecified atom stereocenters. The third-order valence-electron chi connectivity index (χ3n) is 4.89. The average molecular weight is 401 g/mol. The quantitative estimate of drug-likeness (QED) is 0.441. The number of rotatable bonds is 9. The molecule has 4 nitrogen and oxygen atoms in total. The first kappa shape index (κ1) is 20.6. The summed E-state index contributed by atoms with van der Waals surface area (Å²) >= 11 is 6.36. The summed E-state index contributed by atoms with van der Waals surface area (Å²) in [5, 5.41) is 1.95. The molecule has 1 heterocycles. The van der Waals surface area contributed by atoms with Crippen LogP contribution in [0.15, 0.2) is 30.3 Å². The average Bonchev–Trinajstić information content (AvgIpc) is 3.03. The van der Waals surface area contributed by atoms with Crippen molar-refractivity contribution in [2.45, 2.75) is 40.0 Å². The van der Waals surface area contributed by atoms with Gasteiger partial charge in [0.1, 0.15) is 0 Å². The predicted molar refractivity (Wildman–Crippen MR) is 118 cm³/mol. The van der Waals surface area contributed by atoms with Gasteiger partial charge in [-0.15, -0.1) is 0 Å². The zero-order valence-corrected chi connectivity index (χ0v) is 17.7. The van der Waals surface area contributed by atoms with Crippen molar-refractivity contribution in [3.05, 3.63) is 46.5 Å². The van der Waals surface area contributed by atoms with Crippen LogP contribution in [0.2, 0.25) is 5.02 Å². The van der Waals surface area contributed by atoms with Crippen LogP contribution in [0.25, 0.3) is 22.2 Å². The molecule has 0 spiro atoms. The number of aromatic amines is 1. The summed E-state index contributed by atoms with van der Waals surface area (Å²) in [4.78, 5) is 3.64. The van der Waals surface area contributed by atoms with Gasteiger partial charge in [-0.2, -0.15) is 0 Å². The van der Waals surface area contributed by atoms with E-state index in [1.807, 2.05) is 26.0 Å². The highest BCUT2D eigenvalue weighted by Crippen LogP contribution is 2.38. The summed E-state index contributed by atoms with van der Waals surface area (Å²) < 4.78 is 11.5. The number of ether oxygens (including phenoxy) is 2. The van der Waals surface area contributed by atoms with Gasteiger partial charge in [0.2, 0.25) is 0 Å². The highest BCUT2D eigenvalue weighted by Gasteiger charge is 2.17. The second-order valence-corrected chi connectivity index (χ2v) is 7.33. The lowest BCUT2D eigenvalue weighted by molar-refractivity contribution is 0.288. The third kappa shape index (κ3) is 4.29. The number of nitrogens with two attached hydrogens (primary N) is 1. The van der Waals surface area contributed by atoms with Gasteiger partial charge in [-0.3, -0.25) is 0 Å². The fourth-order valence-electron chi connectivity index (χ4n) is 3.64. The molecule has 0 aliphatic heterocycles. The van der Waals surface area contributed by atoms with E-state index in [0.717, 1.165) is 58.1 Å². The molecule has 3 rings (SSSR count). The number of unbranched alkanes of at least 4 members (excludes halogenated alkanes) is 1. The van der Waals surface area contributed by atoms with E-state index in [1.54, 1.807) is 0 Å². The minimum absolute atomic E-state index is 0.592. The lowest BCUT2D eigenvalue weighted by Gasteiger charge is -2.13. The summed E-state index contributed by atoms with van der Waals surface area (Å²) in [5.41, 5.74) is 11.5. The standard InChI is InChI=1S/C23H29ClN2O2/c1-4-27-20-10-9-16(13-21(20)28-5-2)23-18(8-6-7-11-25)19-14-17(24)12-15(3)22(19)26-23/h9-10,12-14,26H,4-8,11,25H2,1-3H3. The van der Waals surface area contributed by atoms with Crippen molar-refractivity contribution in [1.82, 2.24) is 4.98 Å². The smallest absolute Gasteiger partial charge is 0.161 e. The Morgan fingerprint density at radius 2 is 1.75 bits per heavy atom. The van der Waals surface area contributed by atoms with Crippen molar-refractivity contribution in [3.63, 3.8) is 0 Å². The highest BCUT2D eigenvalue weighted by atomic mass is 35.5. The molecule has 3 N–H and O–H groups in total. The molecule has 0 radical (unpaired) electrons. The van der Waals surface area contributed by atoms with E-state index in [9.17, 15) is 0 Å². The lowest BCUT2D eigenvalue weighted by atomic mass is 9.99. The Labute approximate surface area is 172 Å². The van der Waals surface area contributed by atoms with Gasteiger partial charge in [0.15, 0.2) is 11.5 Å². The van der Waals surface area contributed by atoms with Crippen LogP contribution in [0, 0.1) is 6.92 Å². The van der Waals surface area contributed by atoms with Gasteiger partial charge in [-0.1, -0.05) is 11.6 Å². The maximum atomic E-state index is 6.36. The number of aryl methyl sites for hydroxylation is 2. The Hall–Kier alpha value is -2.17. The van der Waals surface area contributed by atoms with E-state index < -0.39 is 0 Å². The Kier molecular flexibility index (Phi) is 6.87. The van der Waals surface area contributed by atoms with E-state index in [-0.39, 0.29) is 0 Å². The molecule has 0 saturated carbocycles. The van der Waals surface area contributed by atoms with Crippen molar-refractivity contribution < 1.29 is 9.47 Å². The molecule has 0 fully saturated rings. The maximum Gasteiger partial charge on any atom is 0.161 e. The fraction of sp³-hybridized carbons (Fsp3) is 0.391. The van der Waals surface area contributed by atoms with Crippen molar-refractivity contribution in [2.75, 3.05) is 19.8 Å². The molecule has 3 aromatic rings. The summed E-state index contributed by atoms with van der Waals surface area (Å²) in [7, 11) is 0. The van der Waals surface area contributed by atoms with E-state index >= 15 is 0 Å². The number of aromatic nitrogens is 1. The normalized spacial score (nSPS) is 11.2. The lowest BCUT2D eigenvalue weighted by Crippen LogP contribution is -2.00. The van der Waals surface area contributed by atoms with Crippen LogP contribution >= 0.6 is 11.6 Å². The molecular formula is C23H29ClN2O2. The summed E-state index contributed by atoms with van der Waals surface area (Å²) in [5.74, 6) is 1.54. The predicted octanol–water partition coefficient (Wildman–Crippen LogP) is 5.88. The summed E-state index contributed by atoms with van der Waals surface area (Å²) in [6.07, 6.45) is 2.99. The topological polar surface area (TPSA) is 60.3 Å². The largest absolute Gasteiger partial charge is 0.490 e. The Bertz CT molecular complexity index is 949. The minimum Gasteiger partial charge on any atom is -0.490 e. The van der Waals surface area contributed by atoms with Crippen LogP contribution in [-0.4, -0.2) is 24.7 Å². The minimum atomic E-state index is 0.592. The number of H-pyrrole nitrogens is 1. The molecule has 0 aliphatic carbocycles. The van der Waals surface area contributed by atoms with Crippen LogP contribution < -0.4 is 15.2 Å². The molecule has 1 aromatic heterocycles. The zero-order chi connectivity index (χ0) is 20.1. The fourth-order valence-corrected chi connectivity index (χ4v) is 3.91. The molecule has 0 aliphatic rings. The van der Waals surface area contributed by atoms with Crippen LogP contribution in [0.5, 0.6) is 11.5 Å². The molecule has 2 aromatic carbocycles. The van der Waals surface area contributed by atoms with Gasteiger partial charge in [-0.25, -0.2) is 0 Å². The number of hydrogen-bond donors (Lipinski definition) is 2. The van der Waals surface area contributed by atoms with Crippen LogP contribution in [0.3, 0.4) is 0 Å². The summed E-state index contributed by atoms with van der Waals surface area (Å²) in [6, 6.07) is 10.2. The van der Waals surface area contributed by atoms with Crippen molar-refractivity contribution >= 4 is 22.5 Å². The molecule has 0 atom stereocenters. The van der Waals surface area contributed by atoms with Gasteiger partial charge in [0, 0.05) is 27.2 Å². The number of halogens is 1. The zero-order valence-electron chi connectivity index (χ0n) is 16.9. The Morgan fingerprint density at radius 1 is 1.00 bits per heavy atom. The highest BCUT2D eigenvalue weighted by molar-refractivity contribution is 6.31. The van der Waals surface area contributed by atoms with Crippen molar-refractivity contribution in [1.29, 1.82) is 0 Å². The number of fused-ring (bicyclic) bond motifs is 1. The van der Waals surface area contributed by atoms with Gasteiger partial charge < -0.3 is 20.2 Å². The van der Waals surface area contributed by atoms with E-state index in [1.165, 1.54) is 10.9 Å². The Morgan fingerprint density at radius 3 is 2.46 bits per heavy atom. The second-order valence-electron chi connectivity index (χ2n) is 6.90. The van der Waals surface area contributed by atoms with Gasteiger partial charge in [0.05, 0.1) is 13.2 Å². The van der Waals surface area contributed by atoms with Crippen LogP contribution in [0.4, 0.5) is 0 Å². The third-order valence-corrected chi connectivity index (χ3v) is 5.11.